The van der Waals surface area contributed by atoms with Crippen LogP contribution in [-0.4, -0.2) is 27.1 Å². The van der Waals surface area contributed by atoms with Gasteiger partial charge in [0.15, 0.2) is 0 Å². The largest absolute Gasteiger partial charge is 1.00 e. The van der Waals surface area contributed by atoms with Crippen LogP contribution in [0.3, 0.4) is 0 Å². The van der Waals surface area contributed by atoms with Gasteiger partial charge in [-0.1, -0.05) is 69.4 Å². The summed E-state index contributed by atoms with van der Waals surface area (Å²) >= 11 is 0. The van der Waals surface area contributed by atoms with Gasteiger partial charge in [0, 0.05) is 0 Å². The minimum absolute atomic E-state index is 0. The monoisotopic (exact) mass is 421 g/mol. The normalized spacial score (nSPS) is 12.7. The van der Waals surface area contributed by atoms with Crippen LogP contribution in [0.2, 0.25) is 0 Å². The van der Waals surface area contributed by atoms with Crippen molar-refractivity contribution in [3.63, 3.8) is 0 Å². The predicted molar refractivity (Wildman–Crippen MR) is 91.7 cm³/mol. The van der Waals surface area contributed by atoms with Crippen molar-refractivity contribution >= 4 is 20.1 Å². The number of hydrogen-bond acceptors (Lipinski definition) is 5. The molecule has 140 valence electrons. The second-order valence-corrected chi connectivity index (χ2v) is 8.82. The summed E-state index contributed by atoms with van der Waals surface area (Å²) in [7, 11) is -8.67. The quantitative estimate of drug-likeness (QED) is 0.299. The summed E-state index contributed by atoms with van der Waals surface area (Å²) in [5.74, 6) is -0.183. The smallest absolute Gasteiger partial charge is 0.746 e. The van der Waals surface area contributed by atoms with Gasteiger partial charge in [0.2, 0.25) is 10.0 Å². The summed E-state index contributed by atoms with van der Waals surface area (Å²) in [6, 6.07) is 7.58. The third-order valence-corrected chi connectivity index (χ3v) is 5.98. The molecule has 1 rings (SSSR count). The van der Waals surface area contributed by atoms with Crippen molar-refractivity contribution in [1.82, 2.24) is 4.72 Å². The van der Waals surface area contributed by atoms with Gasteiger partial charge in [0.05, 0.1) is 5.75 Å². The van der Waals surface area contributed by atoms with Gasteiger partial charge in [0.1, 0.15) is 15.5 Å². The molecule has 1 aromatic carbocycles. The van der Waals surface area contributed by atoms with Crippen LogP contribution in [0.25, 0.3) is 0 Å². The van der Waals surface area contributed by atoms with E-state index in [1.165, 1.54) is 12.1 Å². The van der Waals surface area contributed by atoms with Crippen LogP contribution >= 0.6 is 0 Å². The van der Waals surface area contributed by atoms with Gasteiger partial charge in [-0.15, -0.1) is 0 Å². The van der Waals surface area contributed by atoms with Gasteiger partial charge in [0.25, 0.3) is 0 Å². The minimum atomic E-state index is -4.83. The molecule has 0 fully saturated rings. The molecule has 0 aromatic heterocycles. The number of nitrogens with one attached hydrogen (secondary N) is 1. The van der Waals surface area contributed by atoms with Gasteiger partial charge in [-0.2, -0.15) is 4.72 Å². The Morgan fingerprint density at radius 1 is 0.960 bits per heavy atom. The van der Waals surface area contributed by atoms with E-state index in [9.17, 15) is 21.4 Å². The number of unbranched alkanes of at least 4 members (excludes halogenated alkanes) is 5. The fourth-order valence-corrected chi connectivity index (χ4v) is 4.78. The molecule has 0 saturated carbocycles. The number of rotatable bonds is 11. The van der Waals surface area contributed by atoms with Crippen LogP contribution in [0.1, 0.15) is 56.4 Å². The Hall–Kier alpha value is 0.606. The van der Waals surface area contributed by atoms with Gasteiger partial charge >= 0.3 is 51.4 Å². The van der Waals surface area contributed by atoms with E-state index in [1.54, 1.807) is 18.2 Å². The van der Waals surface area contributed by atoms with E-state index in [0.29, 0.717) is 6.42 Å². The van der Waals surface area contributed by atoms with E-state index in [1.807, 2.05) is 4.72 Å². The van der Waals surface area contributed by atoms with Gasteiger partial charge in [-0.25, -0.2) is 16.8 Å². The molecule has 1 unspecified atom stereocenters. The summed E-state index contributed by atoms with van der Waals surface area (Å²) in [6.07, 6.45) is 5.45. The number of hydrogen-bond donors (Lipinski definition) is 1. The maximum absolute atomic E-state index is 12.0. The predicted octanol–water partition coefficient (Wildman–Crippen LogP) is -0.333. The van der Waals surface area contributed by atoms with E-state index >= 15 is 0 Å². The van der Waals surface area contributed by atoms with Gasteiger partial charge < -0.3 is 4.55 Å². The van der Waals surface area contributed by atoms with E-state index in [4.69, 9.17) is 0 Å². The van der Waals surface area contributed by atoms with Crippen molar-refractivity contribution in [3.8, 4) is 0 Å². The van der Waals surface area contributed by atoms with Crippen molar-refractivity contribution < 1.29 is 77.5 Å². The van der Waals surface area contributed by atoms with Crippen molar-refractivity contribution in [3.05, 3.63) is 35.9 Å². The molecule has 6 nitrogen and oxygen atoms in total. The van der Waals surface area contributed by atoms with Crippen LogP contribution in [-0.2, 0) is 20.1 Å². The van der Waals surface area contributed by atoms with Crippen molar-refractivity contribution in [2.45, 2.75) is 50.8 Å². The van der Waals surface area contributed by atoms with E-state index < -0.39 is 25.5 Å². The van der Waals surface area contributed by atoms with Crippen LogP contribution < -0.4 is 56.1 Å². The Labute approximate surface area is 192 Å². The second kappa shape index (κ2) is 13.7. The summed E-state index contributed by atoms with van der Waals surface area (Å²) in [4.78, 5) is 0. The average Bonchev–Trinajstić information content (AvgIpc) is 2.48. The Bertz CT molecular complexity index is 668. The maximum atomic E-state index is 12.0. The second-order valence-electron chi connectivity index (χ2n) is 5.49. The molecule has 1 N–H and O–H groups in total. The zero-order valence-electron chi connectivity index (χ0n) is 14.7. The number of benzene rings is 1. The molecule has 1 aromatic rings. The summed E-state index contributed by atoms with van der Waals surface area (Å²) in [5.41, 5.74) is 0.119. The third-order valence-electron chi connectivity index (χ3n) is 3.44. The van der Waals surface area contributed by atoms with E-state index in [-0.39, 0.29) is 67.4 Å². The zero-order chi connectivity index (χ0) is 17.3. The van der Waals surface area contributed by atoms with Crippen molar-refractivity contribution in [1.29, 1.82) is 0 Å². The zero-order valence-corrected chi connectivity index (χ0v) is 19.4. The molecule has 0 spiro atoms. The van der Waals surface area contributed by atoms with Gasteiger partial charge in [-0.3, -0.25) is 4.70 Å². The number of sulfonamides is 1. The summed E-state index contributed by atoms with van der Waals surface area (Å²) < 4.78 is 60.2. The molecular weight excluding hydrogens is 396 g/mol. The molecule has 0 aliphatic carbocycles. The summed E-state index contributed by atoms with van der Waals surface area (Å²) in [5, 5.41) is -1.78. The van der Waals surface area contributed by atoms with E-state index in [2.05, 4.69) is 6.92 Å². The molecular formula is C15H25FKNO5S2. The van der Waals surface area contributed by atoms with Crippen molar-refractivity contribution in [2.75, 3.05) is 5.75 Å². The van der Waals surface area contributed by atoms with Crippen LogP contribution in [0.5, 0.6) is 0 Å². The molecule has 0 aliphatic heterocycles. The van der Waals surface area contributed by atoms with Gasteiger partial charge in [-0.05, 0) is 12.0 Å². The SMILES string of the molecule is CCCCCCCCS(=O)(=O)NC(c1ccccc1)S(=O)(=O)[O-].F.[K+]. The van der Waals surface area contributed by atoms with Crippen LogP contribution in [0, 0.1) is 0 Å². The average molecular weight is 422 g/mol. The molecule has 0 radical (unpaired) electrons. The first-order chi connectivity index (χ1) is 10.8. The molecule has 1 atom stereocenters. The summed E-state index contributed by atoms with van der Waals surface area (Å²) in [6.45, 7) is 2.10. The standard InChI is InChI=1S/C15H25NO5S2.FH.K/c1-2-3-4-5-6-10-13-22(17,18)16-15(23(19,20)21)14-11-8-7-9-12-14;;/h7-9,11-12,15-16H,2-6,10,13H2,1H3,(H,19,20,21);1H;/q;;+1/p-1. The molecule has 25 heavy (non-hydrogen) atoms. The Morgan fingerprint density at radius 3 is 2.00 bits per heavy atom. The third kappa shape index (κ3) is 11.8. The fourth-order valence-electron chi connectivity index (χ4n) is 2.22. The molecule has 10 heteroatoms. The first kappa shape index (κ1) is 27.8. The molecule has 0 aliphatic rings. The topological polar surface area (TPSA) is 103 Å². The Morgan fingerprint density at radius 2 is 1.48 bits per heavy atom. The molecule has 0 saturated heterocycles. The molecule has 0 bridgehead atoms. The first-order valence-electron chi connectivity index (χ1n) is 7.76. The van der Waals surface area contributed by atoms with Crippen LogP contribution in [0.4, 0.5) is 4.70 Å². The number of halogens is 1. The first-order valence-corrected chi connectivity index (χ1v) is 10.9. The van der Waals surface area contributed by atoms with Crippen molar-refractivity contribution in [2.24, 2.45) is 0 Å². The van der Waals surface area contributed by atoms with Crippen LogP contribution in [0.15, 0.2) is 30.3 Å². The molecule has 0 heterocycles. The Balaban J connectivity index is 0. The fraction of sp³-hybridized carbons (Fsp3) is 0.600. The van der Waals surface area contributed by atoms with E-state index in [0.717, 1.165) is 32.1 Å². The maximum Gasteiger partial charge on any atom is 1.00 e. The molecule has 0 amide bonds. The Kier molecular flexibility index (Phi) is 15.3. The minimum Gasteiger partial charge on any atom is -0.746 e.